The Balaban J connectivity index is 1.77. The minimum atomic E-state index is -0.168. The SMILES string of the molecule is C#CCNC(=O)c1ccc2nc(-c3ccccc3)c(CN3CCCCC3)n2c1. The van der Waals surface area contributed by atoms with Crippen molar-refractivity contribution < 1.29 is 4.79 Å². The first-order valence-corrected chi connectivity index (χ1v) is 9.76. The van der Waals surface area contributed by atoms with Crippen LogP contribution in [0.1, 0.15) is 35.3 Å². The van der Waals surface area contributed by atoms with Crippen molar-refractivity contribution in [3.63, 3.8) is 0 Å². The average Bonchev–Trinajstić information content (AvgIpc) is 3.11. The van der Waals surface area contributed by atoms with Crippen molar-refractivity contribution in [3.8, 4) is 23.6 Å². The molecule has 1 fully saturated rings. The third kappa shape index (κ3) is 3.78. The minimum absolute atomic E-state index is 0.168. The number of pyridine rings is 1. The molecule has 1 aliphatic rings. The van der Waals surface area contributed by atoms with Gasteiger partial charge in [0.05, 0.1) is 23.5 Å². The molecule has 28 heavy (non-hydrogen) atoms. The topological polar surface area (TPSA) is 49.6 Å². The van der Waals surface area contributed by atoms with Crippen molar-refractivity contribution in [3.05, 3.63) is 59.9 Å². The van der Waals surface area contributed by atoms with Crippen molar-refractivity contribution in [2.45, 2.75) is 25.8 Å². The van der Waals surface area contributed by atoms with Crippen molar-refractivity contribution in [1.29, 1.82) is 0 Å². The van der Waals surface area contributed by atoms with E-state index in [1.165, 1.54) is 19.3 Å². The van der Waals surface area contributed by atoms with Gasteiger partial charge in [-0.15, -0.1) is 6.42 Å². The molecule has 1 N–H and O–H groups in total. The van der Waals surface area contributed by atoms with Crippen LogP contribution in [0.3, 0.4) is 0 Å². The third-order valence-electron chi connectivity index (χ3n) is 5.20. The van der Waals surface area contributed by atoms with E-state index in [0.29, 0.717) is 5.56 Å². The Hall–Kier alpha value is -3.10. The Labute approximate surface area is 165 Å². The molecule has 142 valence electrons. The second-order valence-electron chi connectivity index (χ2n) is 7.14. The van der Waals surface area contributed by atoms with Crippen molar-refractivity contribution in [2.75, 3.05) is 19.6 Å². The molecule has 0 atom stereocenters. The monoisotopic (exact) mass is 372 g/mol. The van der Waals surface area contributed by atoms with E-state index in [4.69, 9.17) is 11.4 Å². The molecule has 0 bridgehead atoms. The number of likely N-dealkylation sites (tertiary alicyclic amines) is 1. The lowest BCUT2D eigenvalue weighted by Crippen LogP contribution is -2.30. The number of carbonyl (C=O) groups excluding carboxylic acids is 1. The number of benzene rings is 1. The van der Waals surface area contributed by atoms with Gasteiger partial charge in [0.2, 0.25) is 0 Å². The van der Waals surface area contributed by atoms with E-state index in [9.17, 15) is 4.79 Å². The number of nitrogens with zero attached hydrogens (tertiary/aromatic N) is 3. The fraction of sp³-hybridized carbons (Fsp3) is 0.304. The highest BCUT2D eigenvalue weighted by Crippen LogP contribution is 2.27. The second-order valence-corrected chi connectivity index (χ2v) is 7.14. The van der Waals surface area contributed by atoms with Crippen LogP contribution in [0.2, 0.25) is 0 Å². The first-order chi connectivity index (χ1) is 13.8. The maximum absolute atomic E-state index is 12.4. The van der Waals surface area contributed by atoms with E-state index in [2.05, 4.69) is 32.7 Å². The number of nitrogens with one attached hydrogen (secondary N) is 1. The molecular formula is C23H24N4O. The normalized spacial score (nSPS) is 14.7. The average molecular weight is 372 g/mol. The maximum atomic E-state index is 12.4. The summed E-state index contributed by atoms with van der Waals surface area (Å²) in [4.78, 5) is 19.7. The van der Waals surface area contributed by atoms with Gasteiger partial charge in [-0.2, -0.15) is 0 Å². The van der Waals surface area contributed by atoms with Crippen LogP contribution in [0.4, 0.5) is 0 Å². The summed E-state index contributed by atoms with van der Waals surface area (Å²) >= 11 is 0. The van der Waals surface area contributed by atoms with Crippen LogP contribution in [0, 0.1) is 12.3 Å². The number of hydrogen-bond donors (Lipinski definition) is 1. The van der Waals surface area contributed by atoms with Crippen LogP contribution in [-0.4, -0.2) is 39.8 Å². The van der Waals surface area contributed by atoms with Crippen molar-refractivity contribution >= 4 is 11.6 Å². The molecule has 0 spiro atoms. The van der Waals surface area contributed by atoms with Crippen molar-refractivity contribution in [2.24, 2.45) is 0 Å². The quantitative estimate of drug-likeness (QED) is 0.699. The molecule has 3 heterocycles. The van der Waals surface area contributed by atoms with Gasteiger partial charge in [-0.05, 0) is 38.1 Å². The standard InChI is InChI=1S/C23H24N4O/c1-2-13-24-23(28)19-11-12-21-25-22(18-9-5-3-6-10-18)20(27(21)16-19)17-26-14-7-4-8-15-26/h1,3,5-6,9-12,16H,4,7-8,13-15,17H2,(H,24,28). The van der Waals surface area contributed by atoms with Crippen LogP contribution in [-0.2, 0) is 6.54 Å². The predicted octanol–water partition coefficient (Wildman–Crippen LogP) is 3.35. The van der Waals surface area contributed by atoms with Crippen LogP contribution in [0.25, 0.3) is 16.9 Å². The number of carbonyl (C=O) groups is 1. The molecule has 1 aliphatic heterocycles. The Morgan fingerprint density at radius 1 is 1.11 bits per heavy atom. The van der Waals surface area contributed by atoms with E-state index in [1.807, 2.05) is 30.5 Å². The molecule has 0 aliphatic carbocycles. The molecule has 5 heteroatoms. The highest BCUT2D eigenvalue weighted by Gasteiger charge is 2.19. The minimum Gasteiger partial charge on any atom is -0.341 e. The molecule has 1 saturated heterocycles. The molecule has 4 rings (SSSR count). The van der Waals surface area contributed by atoms with Gasteiger partial charge in [0.15, 0.2) is 0 Å². The third-order valence-corrected chi connectivity index (χ3v) is 5.20. The lowest BCUT2D eigenvalue weighted by Gasteiger charge is -2.26. The summed E-state index contributed by atoms with van der Waals surface area (Å²) in [7, 11) is 0. The number of imidazole rings is 1. The lowest BCUT2D eigenvalue weighted by molar-refractivity contribution is 0.0958. The van der Waals surface area contributed by atoms with Crippen LogP contribution in [0.15, 0.2) is 48.7 Å². The van der Waals surface area contributed by atoms with Crippen LogP contribution >= 0.6 is 0 Å². The summed E-state index contributed by atoms with van der Waals surface area (Å²) in [6, 6.07) is 13.9. The van der Waals surface area contributed by atoms with E-state index >= 15 is 0 Å². The first kappa shape index (κ1) is 18.3. The second kappa shape index (κ2) is 8.28. The van der Waals surface area contributed by atoms with E-state index in [1.54, 1.807) is 6.07 Å². The van der Waals surface area contributed by atoms with Gasteiger partial charge < -0.3 is 9.72 Å². The molecule has 0 unspecified atom stereocenters. The predicted molar refractivity (Wildman–Crippen MR) is 111 cm³/mol. The Morgan fingerprint density at radius 3 is 2.64 bits per heavy atom. The van der Waals surface area contributed by atoms with Gasteiger partial charge in [-0.25, -0.2) is 4.98 Å². The molecule has 1 aromatic carbocycles. The summed E-state index contributed by atoms with van der Waals surface area (Å²) < 4.78 is 2.06. The molecule has 0 radical (unpaired) electrons. The van der Waals surface area contributed by atoms with E-state index in [0.717, 1.165) is 42.2 Å². The van der Waals surface area contributed by atoms with Gasteiger partial charge in [-0.3, -0.25) is 9.69 Å². The zero-order chi connectivity index (χ0) is 19.3. The number of amides is 1. The van der Waals surface area contributed by atoms with Crippen molar-refractivity contribution in [1.82, 2.24) is 19.6 Å². The van der Waals surface area contributed by atoms with Gasteiger partial charge >= 0.3 is 0 Å². The van der Waals surface area contributed by atoms with Gasteiger partial charge in [0.1, 0.15) is 5.65 Å². The lowest BCUT2D eigenvalue weighted by atomic mass is 10.1. The number of fused-ring (bicyclic) bond motifs is 1. The first-order valence-electron chi connectivity index (χ1n) is 9.76. The maximum Gasteiger partial charge on any atom is 0.253 e. The largest absolute Gasteiger partial charge is 0.341 e. The molecular weight excluding hydrogens is 348 g/mol. The summed E-state index contributed by atoms with van der Waals surface area (Å²) in [6.45, 7) is 3.24. The highest BCUT2D eigenvalue weighted by atomic mass is 16.1. The Kier molecular flexibility index (Phi) is 5.41. The van der Waals surface area contributed by atoms with Gasteiger partial charge in [0.25, 0.3) is 5.91 Å². The van der Waals surface area contributed by atoms with E-state index < -0.39 is 0 Å². The number of piperidine rings is 1. The number of hydrogen-bond acceptors (Lipinski definition) is 3. The van der Waals surface area contributed by atoms with E-state index in [-0.39, 0.29) is 12.5 Å². The fourth-order valence-corrected chi connectivity index (χ4v) is 3.77. The summed E-state index contributed by atoms with van der Waals surface area (Å²) in [6.07, 6.45) is 10.9. The Bertz CT molecular complexity index is 1010. The summed E-state index contributed by atoms with van der Waals surface area (Å²) in [5.41, 5.74) is 4.62. The summed E-state index contributed by atoms with van der Waals surface area (Å²) in [5.74, 6) is 2.27. The van der Waals surface area contributed by atoms with Crippen LogP contribution in [0.5, 0.6) is 0 Å². The molecule has 3 aromatic rings. The number of rotatable bonds is 5. The Morgan fingerprint density at radius 2 is 1.89 bits per heavy atom. The number of terminal acetylenes is 1. The zero-order valence-corrected chi connectivity index (χ0v) is 15.9. The zero-order valence-electron chi connectivity index (χ0n) is 15.9. The summed E-state index contributed by atoms with van der Waals surface area (Å²) in [5, 5.41) is 2.73. The molecule has 0 saturated carbocycles. The van der Waals surface area contributed by atoms with Gasteiger partial charge in [-0.1, -0.05) is 42.7 Å². The number of aromatic nitrogens is 2. The molecule has 5 nitrogen and oxygen atoms in total. The molecule has 1 amide bonds. The smallest absolute Gasteiger partial charge is 0.253 e. The molecule has 2 aromatic heterocycles. The van der Waals surface area contributed by atoms with Crippen LogP contribution < -0.4 is 5.32 Å². The highest BCUT2D eigenvalue weighted by molar-refractivity contribution is 5.94. The fourth-order valence-electron chi connectivity index (χ4n) is 3.77. The van der Waals surface area contributed by atoms with Gasteiger partial charge in [0, 0.05) is 18.3 Å².